The molecule has 0 aliphatic carbocycles. The molecule has 4 nitrogen and oxygen atoms in total. The Hall–Kier alpha value is -2.88. The minimum atomic E-state index is -0.261. The average Bonchev–Trinajstić information content (AvgIpc) is 2.79. The zero-order chi connectivity index (χ0) is 19.7. The van der Waals surface area contributed by atoms with Gasteiger partial charge in [0.2, 0.25) is 0 Å². The summed E-state index contributed by atoms with van der Waals surface area (Å²) in [5, 5.41) is 3.24. The smallest absolute Gasteiger partial charge is 0.278 e. The number of hydrogen-bond acceptors (Lipinski definition) is 3. The molecule has 2 aromatic carbocycles. The number of benzene rings is 2. The van der Waals surface area contributed by atoms with Crippen LogP contribution in [-0.2, 0) is 9.59 Å². The number of aryl methyl sites for hydroxylation is 3. The van der Waals surface area contributed by atoms with Crippen LogP contribution in [0.2, 0.25) is 0 Å². The summed E-state index contributed by atoms with van der Waals surface area (Å²) in [6, 6.07) is 13.8. The third-order valence-corrected chi connectivity index (χ3v) is 4.55. The van der Waals surface area contributed by atoms with E-state index in [2.05, 4.69) is 11.4 Å². The molecule has 2 aromatic rings. The molecule has 140 valence electrons. The highest BCUT2D eigenvalue weighted by atomic mass is 16.2. The number of nitrogens with zero attached hydrogens (tertiary/aromatic N) is 1. The Morgan fingerprint density at radius 3 is 2.00 bits per heavy atom. The number of carbonyl (C=O) groups excluding carboxylic acids is 2. The maximum atomic E-state index is 13.1. The van der Waals surface area contributed by atoms with E-state index in [-0.39, 0.29) is 17.7 Å². The lowest BCUT2D eigenvalue weighted by molar-refractivity contribution is -0.137. The fourth-order valence-electron chi connectivity index (χ4n) is 3.40. The molecule has 0 aromatic heterocycles. The molecule has 1 aliphatic rings. The van der Waals surface area contributed by atoms with Crippen LogP contribution in [0.25, 0.3) is 5.57 Å². The summed E-state index contributed by atoms with van der Waals surface area (Å²) in [5.41, 5.74) is 5.70. The number of carbonyl (C=O) groups is 2. The van der Waals surface area contributed by atoms with E-state index < -0.39 is 0 Å². The van der Waals surface area contributed by atoms with E-state index in [0.29, 0.717) is 17.8 Å². The van der Waals surface area contributed by atoms with Gasteiger partial charge in [-0.05, 0) is 55.5 Å². The number of hydrogen-bond donors (Lipinski definition) is 1. The zero-order valence-corrected chi connectivity index (χ0v) is 16.6. The fourth-order valence-corrected chi connectivity index (χ4v) is 3.40. The molecular weight excluding hydrogens is 336 g/mol. The topological polar surface area (TPSA) is 49.4 Å². The highest BCUT2D eigenvalue weighted by molar-refractivity contribution is 6.36. The van der Waals surface area contributed by atoms with E-state index in [9.17, 15) is 9.59 Å². The largest absolute Gasteiger partial charge is 0.350 e. The van der Waals surface area contributed by atoms with Gasteiger partial charge in [-0.15, -0.1) is 0 Å². The maximum Gasteiger partial charge on any atom is 0.278 e. The van der Waals surface area contributed by atoms with Crippen LogP contribution in [0, 0.1) is 26.7 Å². The first-order valence-corrected chi connectivity index (χ1v) is 9.29. The van der Waals surface area contributed by atoms with Gasteiger partial charge in [0.05, 0.1) is 5.57 Å². The van der Waals surface area contributed by atoms with Crippen molar-refractivity contribution in [3.05, 3.63) is 70.4 Å². The molecule has 0 saturated carbocycles. The predicted molar refractivity (Wildman–Crippen MR) is 109 cm³/mol. The first kappa shape index (κ1) is 18.9. The van der Waals surface area contributed by atoms with Crippen LogP contribution in [0.15, 0.2) is 48.2 Å². The van der Waals surface area contributed by atoms with Gasteiger partial charge in [0.15, 0.2) is 0 Å². The van der Waals surface area contributed by atoms with E-state index in [1.807, 2.05) is 71.0 Å². The van der Waals surface area contributed by atoms with Crippen molar-refractivity contribution in [1.82, 2.24) is 4.90 Å². The van der Waals surface area contributed by atoms with Gasteiger partial charge in [-0.2, -0.15) is 0 Å². The Balaban J connectivity index is 2.08. The first-order chi connectivity index (χ1) is 12.8. The van der Waals surface area contributed by atoms with Gasteiger partial charge in [0.1, 0.15) is 5.70 Å². The third kappa shape index (κ3) is 3.95. The van der Waals surface area contributed by atoms with Crippen molar-refractivity contribution < 1.29 is 9.59 Å². The highest BCUT2D eigenvalue weighted by Gasteiger charge is 2.39. The standard InChI is InChI=1S/C23H26N2O2/c1-14(2)13-25-22(26)20(18-8-6-15(3)7-9-18)21(23(25)27)24-19-11-16(4)10-17(5)12-19/h6-12,14,24H,13H2,1-5H3. The molecule has 0 spiro atoms. The molecule has 0 unspecified atom stereocenters. The van der Waals surface area contributed by atoms with Gasteiger partial charge < -0.3 is 5.32 Å². The number of anilines is 1. The van der Waals surface area contributed by atoms with Gasteiger partial charge in [-0.25, -0.2) is 0 Å². The van der Waals surface area contributed by atoms with E-state index in [0.717, 1.165) is 27.9 Å². The molecule has 4 heteroatoms. The molecule has 1 aliphatic heterocycles. The van der Waals surface area contributed by atoms with Crippen molar-refractivity contribution >= 4 is 23.1 Å². The van der Waals surface area contributed by atoms with Crippen molar-refractivity contribution in [1.29, 1.82) is 0 Å². The van der Waals surface area contributed by atoms with Crippen molar-refractivity contribution in [3.63, 3.8) is 0 Å². The molecule has 3 rings (SSSR count). The molecule has 1 N–H and O–H groups in total. The Kier molecular flexibility index (Phi) is 5.17. The molecular formula is C23H26N2O2. The van der Waals surface area contributed by atoms with Crippen molar-refractivity contribution in [2.24, 2.45) is 5.92 Å². The predicted octanol–water partition coefficient (Wildman–Crippen LogP) is 4.46. The number of nitrogens with one attached hydrogen (secondary N) is 1. The molecule has 2 amide bonds. The maximum absolute atomic E-state index is 13.1. The Bertz CT molecular complexity index is 904. The van der Waals surface area contributed by atoms with Crippen molar-refractivity contribution in [2.75, 3.05) is 11.9 Å². The summed E-state index contributed by atoms with van der Waals surface area (Å²) < 4.78 is 0. The van der Waals surface area contributed by atoms with Crippen LogP contribution in [0.4, 0.5) is 5.69 Å². The van der Waals surface area contributed by atoms with Crippen LogP contribution in [-0.4, -0.2) is 23.3 Å². The quantitative estimate of drug-likeness (QED) is 0.799. The number of imide groups is 1. The minimum Gasteiger partial charge on any atom is -0.350 e. The monoisotopic (exact) mass is 362 g/mol. The fraction of sp³-hybridized carbons (Fsp3) is 0.304. The molecule has 1 heterocycles. The molecule has 27 heavy (non-hydrogen) atoms. The van der Waals surface area contributed by atoms with Crippen LogP contribution in [0.1, 0.15) is 36.1 Å². The van der Waals surface area contributed by atoms with Crippen LogP contribution < -0.4 is 5.32 Å². The third-order valence-electron chi connectivity index (χ3n) is 4.55. The second kappa shape index (κ2) is 7.39. The lowest BCUT2D eigenvalue weighted by Gasteiger charge is -2.17. The Morgan fingerprint density at radius 2 is 1.44 bits per heavy atom. The van der Waals surface area contributed by atoms with Crippen molar-refractivity contribution in [3.8, 4) is 0 Å². The first-order valence-electron chi connectivity index (χ1n) is 9.29. The van der Waals surface area contributed by atoms with Crippen LogP contribution in [0.3, 0.4) is 0 Å². The van der Waals surface area contributed by atoms with E-state index in [4.69, 9.17) is 0 Å². The van der Waals surface area contributed by atoms with Crippen molar-refractivity contribution in [2.45, 2.75) is 34.6 Å². The average molecular weight is 362 g/mol. The lowest BCUT2D eigenvalue weighted by atomic mass is 10.0. The summed E-state index contributed by atoms with van der Waals surface area (Å²) in [6.07, 6.45) is 0. The minimum absolute atomic E-state index is 0.206. The molecule has 0 fully saturated rings. The van der Waals surface area contributed by atoms with Gasteiger partial charge in [-0.3, -0.25) is 14.5 Å². The molecule has 0 bridgehead atoms. The second-order valence-electron chi connectivity index (χ2n) is 7.73. The normalized spacial score (nSPS) is 14.5. The number of amides is 2. The van der Waals surface area contributed by atoms with E-state index in [1.165, 1.54) is 4.90 Å². The van der Waals surface area contributed by atoms with Crippen LogP contribution >= 0.6 is 0 Å². The zero-order valence-electron chi connectivity index (χ0n) is 16.6. The molecule has 0 atom stereocenters. The summed E-state index contributed by atoms with van der Waals surface area (Å²) in [6.45, 7) is 10.4. The summed E-state index contributed by atoms with van der Waals surface area (Å²) >= 11 is 0. The Labute approximate surface area is 160 Å². The highest BCUT2D eigenvalue weighted by Crippen LogP contribution is 2.31. The van der Waals surface area contributed by atoms with E-state index >= 15 is 0 Å². The number of rotatable bonds is 5. The molecule has 0 radical (unpaired) electrons. The summed E-state index contributed by atoms with van der Waals surface area (Å²) in [7, 11) is 0. The summed E-state index contributed by atoms with van der Waals surface area (Å²) in [5.74, 6) is -0.286. The second-order valence-corrected chi connectivity index (χ2v) is 7.73. The van der Waals surface area contributed by atoms with Gasteiger partial charge >= 0.3 is 0 Å². The SMILES string of the molecule is Cc1ccc(C2=C(Nc3cc(C)cc(C)c3)C(=O)N(CC(C)C)C2=O)cc1. The van der Waals surface area contributed by atoms with E-state index in [1.54, 1.807) is 0 Å². The lowest BCUT2D eigenvalue weighted by Crippen LogP contribution is -2.35. The van der Waals surface area contributed by atoms with Gasteiger partial charge in [0.25, 0.3) is 11.8 Å². The molecule has 0 saturated heterocycles. The Morgan fingerprint density at radius 1 is 0.852 bits per heavy atom. The van der Waals surface area contributed by atoms with Crippen LogP contribution in [0.5, 0.6) is 0 Å². The van der Waals surface area contributed by atoms with Gasteiger partial charge in [-0.1, -0.05) is 49.7 Å². The summed E-state index contributed by atoms with van der Waals surface area (Å²) in [4.78, 5) is 27.5. The van der Waals surface area contributed by atoms with Gasteiger partial charge in [0, 0.05) is 12.2 Å².